The number of imidazole rings is 1. The SMILES string of the molecule is COc1ccc(CC(=O)NCc2cn3cc(Cl)ccc3n2)cc1. The summed E-state index contributed by atoms with van der Waals surface area (Å²) in [5.74, 6) is 0.725. The van der Waals surface area contributed by atoms with Gasteiger partial charge < -0.3 is 14.5 Å². The lowest BCUT2D eigenvalue weighted by molar-refractivity contribution is -0.120. The summed E-state index contributed by atoms with van der Waals surface area (Å²) in [4.78, 5) is 16.4. The number of hydrogen-bond donors (Lipinski definition) is 1. The lowest BCUT2D eigenvalue weighted by Gasteiger charge is -2.04. The van der Waals surface area contributed by atoms with Gasteiger partial charge in [-0.15, -0.1) is 0 Å². The van der Waals surface area contributed by atoms with Crippen LogP contribution in [0.4, 0.5) is 0 Å². The molecule has 0 aliphatic carbocycles. The van der Waals surface area contributed by atoms with Crippen molar-refractivity contribution in [2.75, 3.05) is 7.11 Å². The molecule has 0 bridgehead atoms. The Kier molecular flexibility index (Phi) is 4.48. The van der Waals surface area contributed by atoms with Gasteiger partial charge in [0.2, 0.25) is 5.91 Å². The van der Waals surface area contributed by atoms with Crippen LogP contribution in [0.25, 0.3) is 5.65 Å². The highest BCUT2D eigenvalue weighted by molar-refractivity contribution is 6.30. The maximum absolute atomic E-state index is 12.0. The number of halogens is 1. The number of amides is 1. The van der Waals surface area contributed by atoms with Gasteiger partial charge in [-0.05, 0) is 29.8 Å². The molecule has 1 amide bonds. The monoisotopic (exact) mass is 329 g/mol. The van der Waals surface area contributed by atoms with E-state index in [0.717, 1.165) is 22.7 Å². The number of carbonyl (C=O) groups excluding carboxylic acids is 1. The zero-order valence-corrected chi connectivity index (χ0v) is 13.4. The first kappa shape index (κ1) is 15.4. The Morgan fingerprint density at radius 1 is 1.22 bits per heavy atom. The van der Waals surface area contributed by atoms with E-state index in [0.29, 0.717) is 18.0 Å². The Hall–Kier alpha value is -2.53. The summed E-state index contributed by atoms with van der Waals surface area (Å²) in [6.07, 6.45) is 3.96. The highest BCUT2D eigenvalue weighted by atomic mass is 35.5. The first-order chi connectivity index (χ1) is 11.1. The van der Waals surface area contributed by atoms with Crippen molar-refractivity contribution in [1.82, 2.24) is 14.7 Å². The number of rotatable bonds is 5. The summed E-state index contributed by atoms with van der Waals surface area (Å²) in [5.41, 5.74) is 2.52. The molecule has 0 aliphatic heterocycles. The van der Waals surface area contributed by atoms with E-state index < -0.39 is 0 Å². The molecule has 0 radical (unpaired) electrons. The minimum Gasteiger partial charge on any atom is -0.497 e. The summed E-state index contributed by atoms with van der Waals surface area (Å²) < 4.78 is 6.94. The van der Waals surface area contributed by atoms with Crippen LogP contribution in [0.1, 0.15) is 11.3 Å². The van der Waals surface area contributed by atoms with Gasteiger partial charge in [-0.1, -0.05) is 23.7 Å². The lowest BCUT2D eigenvalue weighted by Crippen LogP contribution is -2.24. The number of ether oxygens (including phenoxy) is 1. The number of nitrogens with zero attached hydrogens (tertiary/aromatic N) is 2. The minimum absolute atomic E-state index is 0.0507. The molecule has 3 aromatic rings. The predicted octanol–water partition coefficient (Wildman–Crippen LogP) is 2.86. The van der Waals surface area contributed by atoms with E-state index in [1.165, 1.54) is 0 Å². The number of methoxy groups -OCH3 is 1. The number of aromatic nitrogens is 2. The molecule has 118 valence electrons. The maximum Gasteiger partial charge on any atom is 0.224 e. The van der Waals surface area contributed by atoms with Gasteiger partial charge >= 0.3 is 0 Å². The highest BCUT2D eigenvalue weighted by Gasteiger charge is 2.06. The summed E-state index contributed by atoms with van der Waals surface area (Å²) >= 11 is 5.94. The number of carbonyl (C=O) groups is 1. The van der Waals surface area contributed by atoms with Crippen LogP contribution in [-0.2, 0) is 17.8 Å². The normalized spacial score (nSPS) is 10.7. The van der Waals surface area contributed by atoms with Crippen molar-refractivity contribution >= 4 is 23.2 Å². The van der Waals surface area contributed by atoms with Crippen molar-refractivity contribution in [1.29, 1.82) is 0 Å². The zero-order valence-electron chi connectivity index (χ0n) is 12.6. The molecular weight excluding hydrogens is 314 g/mol. The first-order valence-electron chi connectivity index (χ1n) is 7.17. The van der Waals surface area contributed by atoms with Gasteiger partial charge in [-0.2, -0.15) is 0 Å². The van der Waals surface area contributed by atoms with Gasteiger partial charge in [0.05, 0.1) is 30.8 Å². The molecule has 1 aromatic carbocycles. The number of benzene rings is 1. The Labute approximate surface area is 138 Å². The van der Waals surface area contributed by atoms with E-state index in [1.54, 1.807) is 19.4 Å². The molecule has 2 heterocycles. The fourth-order valence-corrected chi connectivity index (χ4v) is 2.45. The number of nitrogens with one attached hydrogen (secondary N) is 1. The van der Waals surface area contributed by atoms with Gasteiger partial charge in [-0.25, -0.2) is 4.98 Å². The number of fused-ring (bicyclic) bond motifs is 1. The van der Waals surface area contributed by atoms with Crippen LogP contribution in [0.15, 0.2) is 48.8 Å². The fraction of sp³-hybridized carbons (Fsp3) is 0.176. The fourth-order valence-electron chi connectivity index (χ4n) is 2.28. The van der Waals surface area contributed by atoms with Crippen LogP contribution in [0.2, 0.25) is 5.02 Å². The van der Waals surface area contributed by atoms with Crippen LogP contribution in [0.3, 0.4) is 0 Å². The summed E-state index contributed by atoms with van der Waals surface area (Å²) in [7, 11) is 1.61. The molecule has 0 saturated carbocycles. The topological polar surface area (TPSA) is 55.6 Å². The second-order valence-electron chi connectivity index (χ2n) is 5.15. The van der Waals surface area contributed by atoms with Gasteiger partial charge in [0.15, 0.2) is 0 Å². The minimum atomic E-state index is -0.0507. The third kappa shape index (κ3) is 3.81. The van der Waals surface area contributed by atoms with E-state index in [4.69, 9.17) is 16.3 Å². The van der Waals surface area contributed by atoms with Crippen LogP contribution in [0.5, 0.6) is 5.75 Å². The molecule has 6 heteroatoms. The van der Waals surface area contributed by atoms with Crippen molar-refractivity contribution in [3.63, 3.8) is 0 Å². The summed E-state index contributed by atoms with van der Waals surface area (Å²) in [6.45, 7) is 0.383. The van der Waals surface area contributed by atoms with Crippen molar-refractivity contribution < 1.29 is 9.53 Å². The second kappa shape index (κ2) is 6.71. The quantitative estimate of drug-likeness (QED) is 0.783. The summed E-state index contributed by atoms with van der Waals surface area (Å²) in [5, 5.41) is 3.52. The molecule has 0 aliphatic rings. The van der Waals surface area contributed by atoms with Crippen molar-refractivity contribution in [3.05, 3.63) is 65.1 Å². The third-order valence-corrected chi connectivity index (χ3v) is 3.68. The van der Waals surface area contributed by atoms with Gasteiger partial charge in [0.25, 0.3) is 0 Å². The molecule has 1 N–H and O–H groups in total. The van der Waals surface area contributed by atoms with Crippen molar-refractivity contribution in [3.8, 4) is 5.75 Å². The van der Waals surface area contributed by atoms with Crippen LogP contribution >= 0.6 is 11.6 Å². The predicted molar refractivity (Wildman–Crippen MR) is 88.7 cm³/mol. The van der Waals surface area contributed by atoms with E-state index >= 15 is 0 Å². The molecule has 0 spiro atoms. The van der Waals surface area contributed by atoms with E-state index in [-0.39, 0.29) is 5.91 Å². The summed E-state index contributed by atoms with van der Waals surface area (Å²) in [6, 6.07) is 11.1. The molecule has 23 heavy (non-hydrogen) atoms. The molecule has 0 unspecified atom stereocenters. The van der Waals surface area contributed by atoms with Crippen LogP contribution in [-0.4, -0.2) is 22.4 Å². The van der Waals surface area contributed by atoms with Crippen LogP contribution < -0.4 is 10.1 Å². The molecule has 0 atom stereocenters. The Morgan fingerprint density at radius 3 is 2.74 bits per heavy atom. The number of pyridine rings is 1. The van der Waals surface area contributed by atoms with Crippen molar-refractivity contribution in [2.24, 2.45) is 0 Å². The largest absolute Gasteiger partial charge is 0.497 e. The highest BCUT2D eigenvalue weighted by Crippen LogP contribution is 2.13. The van der Waals surface area contributed by atoms with E-state index in [2.05, 4.69) is 10.3 Å². The molecule has 3 rings (SSSR count). The molecular formula is C17H16ClN3O2. The third-order valence-electron chi connectivity index (χ3n) is 3.46. The molecule has 0 fully saturated rings. The average Bonchev–Trinajstić information content (AvgIpc) is 2.95. The standard InChI is InChI=1S/C17H16ClN3O2/c1-23-15-5-2-12(3-6-15)8-17(22)19-9-14-11-21-10-13(18)4-7-16(21)20-14/h2-7,10-11H,8-9H2,1H3,(H,19,22). The lowest BCUT2D eigenvalue weighted by atomic mass is 10.1. The zero-order chi connectivity index (χ0) is 16.2. The molecule has 2 aromatic heterocycles. The van der Waals surface area contributed by atoms with E-state index in [9.17, 15) is 4.79 Å². The Morgan fingerprint density at radius 2 is 2.00 bits per heavy atom. The first-order valence-corrected chi connectivity index (χ1v) is 7.54. The van der Waals surface area contributed by atoms with Gasteiger partial charge in [0.1, 0.15) is 11.4 Å². The average molecular weight is 330 g/mol. The van der Waals surface area contributed by atoms with Crippen LogP contribution in [0, 0.1) is 0 Å². The second-order valence-corrected chi connectivity index (χ2v) is 5.58. The smallest absolute Gasteiger partial charge is 0.224 e. The Bertz CT molecular complexity index is 827. The molecule has 5 nitrogen and oxygen atoms in total. The van der Waals surface area contributed by atoms with E-state index in [1.807, 2.05) is 40.9 Å². The maximum atomic E-state index is 12.0. The van der Waals surface area contributed by atoms with Crippen molar-refractivity contribution in [2.45, 2.75) is 13.0 Å². The van der Waals surface area contributed by atoms with Gasteiger partial charge in [-0.3, -0.25) is 4.79 Å². The number of hydrogen-bond acceptors (Lipinski definition) is 3. The Balaban J connectivity index is 1.58. The van der Waals surface area contributed by atoms with Gasteiger partial charge in [0, 0.05) is 12.4 Å². The molecule has 0 saturated heterocycles.